The summed E-state index contributed by atoms with van der Waals surface area (Å²) in [7, 11) is 0. The number of hydrogen-bond donors (Lipinski definition) is 1. The molecule has 0 heterocycles. The highest BCUT2D eigenvalue weighted by Gasteiger charge is 1.76. The van der Waals surface area contributed by atoms with Crippen molar-refractivity contribution in [2.75, 3.05) is 0 Å². The molecule has 0 saturated carbocycles. The molecule has 8 heavy (non-hydrogen) atoms. The van der Waals surface area contributed by atoms with Gasteiger partial charge in [0.15, 0.2) is 0 Å². The second kappa shape index (κ2) is 3.24. The molecule has 46 valence electrons. The van der Waals surface area contributed by atoms with E-state index in [2.05, 4.69) is 17.1 Å². The summed E-state index contributed by atoms with van der Waals surface area (Å²) in [6, 6.07) is 0. The highest BCUT2D eigenvalue weighted by atomic mass is 15.3. The lowest BCUT2D eigenvalue weighted by Crippen LogP contribution is -2.02. The van der Waals surface area contributed by atoms with Crippen LogP contribution in [-0.4, -0.2) is 5.71 Å². The number of nitrogens with one attached hydrogen (secondary N) is 1. The summed E-state index contributed by atoms with van der Waals surface area (Å²) in [5.41, 5.74) is 4.61. The van der Waals surface area contributed by atoms with Crippen LogP contribution >= 0.6 is 0 Å². The van der Waals surface area contributed by atoms with Crippen LogP contribution in [0.2, 0.25) is 0 Å². The van der Waals surface area contributed by atoms with Crippen molar-refractivity contribution in [2.24, 2.45) is 5.10 Å². The number of nitrogens with zero attached hydrogens (tertiary/aromatic N) is 1. The third-order valence-electron chi connectivity index (χ3n) is 0.470. The molecule has 1 N–H and O–H groups in total. The third-order valence-corrected chi connectivity index (χ3v) is 0.470. The minimum absolute atomic E-state index is 0.867. The first-order chi connectivity index (χ1) is 3.63. The quantitative estimate of drug-likeness (QED) is 0.425. The molecule has 0 bridgehead atoms. The first-order valence-corrected chi connectivity index (χ1v) is 2.55. The molecule has 0 atom stereocenters. The summed E-state index contributed by atoms with van der Waals surface area (Å²) in [5, 5.41) is 3.89. The lowest BCUT2D eigenvalue weighted by Gasteiger charge is -1.94. The average molecular weight is 112 g/mol. The molecule has 2 heteroatoms. The Hall–Kier alpha value is -0.790. The van der Waals surface area contributed by atoms with Gasteiger partial charge in [0.05, 0.1) is 0 Å². The lowest BCUT2D eigenvalue weighted by atomic mass is 10.5. The minimum atomic E-state index is 0.867. The van der Waals surface area contributed by atoms with Gasteiger partial charge in [0.25, 0.3) is 0 Å². The topological polar surface area (TPSA) is 24.4 Å². The van der Waals surface area contributed by atoms with Gasteiger partial charge in [-0.2, -0.15) is 5.10 Å². The number of rotatable bonds is 2. The van der Waals surface area contributed by atoms with Crippen LogP contribution in [0.25, 0.3) is 0 Å². The van der Waals surface area contributed by atoms with E-state index in [1.54, 1.807) is 0 Å². The van der Waals surface area contributed by atoms with E-state index in [1.165, 1.54) is 0 Å². The van der Waals surface area contributed by atoms with E-state index in [0.717, 1.165) is 11.4 Å². The van der Waals surface area contributed by atoms with Crippen LogP contribution in [0.3, 0.4) is 0 Å². The van der Waals surface area contributed by atoms with E-state index < -0.39 is 0 Å². The molecule has 0 aromatic carbocycles. The van der Waals surface area contributed by atoms with Crippen molar-refractivity contribution in [3.8, 4) is 0 Å². The largest absolute Gasteiger partial charge is 0.284 e. The van der Waals surface area contributed by atoms with E-state index in [0.29, 0.717) is 0 Å². The Morgan fingerprint density at radius 3 is 2.00 bits per heavy atom. The Morgan fingerprint density at radius 2 is 1.88 bits per heavy atom. The van der Waals surface area contributed by atoms with E-state index in [9.17, 15) is 0 Å². The molecule has 0 saturated heterocycles. The van der Waals surface area contributed by atoms with Gasteiger partial charge in [-0.15, -0.1) is 0 Å². The van der Waals surface area contributed by atoms with E-state index in [4.69, 9.17) is 0 Å². The van der Waals surface area contributed by atoms with Crippen LogP contribution in [0.1, 0.15) is 20.8 Å². The molecule has 0 fully saturated rings. The molecule has 0 amide bonds. The predicted octanol–water partition coefficient (Wildman–Crippen LogP) is 1.51. The molecule has 0 aliphatic carbocycles. The molecular formula is C6H12N2. The fraction of sp³-hybridized carbons (Fsp3) is 0.500. The van der Waals surface area contributed by atoms with Crippen LogP contribution < -0.4 is 5.43 Å². The standard InChI is InChI=1S/C6H12N2/c1-5(2)7-8-6(3)4/h7H,1H2,2-4H3. The summed E-state index contributed by atoms with van der Waals surface area (Å²) in [6.45, 7) is 9.33. The van der Waals surface area contributed by atoms with Gasteiger partial charge in [0.1, 0.15) is 0 Å². The summed E-state index contributed by atoms with van der Waals surface area (Å²) < 4.78 is 0. The molecular weight excluding hydrogens is 100 g/mol. The van der Waals surface area contributed by atoms with Crippen LogP contribution in [-0.2, 0) is 0 Å². The summed E-state index contributed by atoms with van der Waals surface area (Å²) in [4.78, 5) is 0. The second-order valence-corrected chi connectivity index (χ2v) is 1.95. The van der Waals surface area contributed by atoms with E-state index in [-0.39, 0.29) is 0 Å². The second-order valence-electron chi connectivity index (χ2n) is 1.95. The van der Waals surface area contributed by atoms with Gasteiger partial charge in [-0.25, -0.2) is 0 Å². The highest BCUT2D eigenvalue weighted by Crippen LogP contribution is 1.77. The maximum atomic E-state index is 3.89. The molecule has 0 unspecified atom stereocenters. The highest BCUT2D eigenvalue weighted by molar-refractivity contribution is 5.78. The summed E-state index contributed by atoms with van der Waals surface area (Å²) in [5.74, 6) is 0. The maximum Gasteiger partial charge on any atom is 0.0320 e. The maximum absolute atomic E-state index is 3.89. The molecule has 0 aliphatic rings. The van der Waals surface area contributed by atoms with Gasteiger partial charge in [-0.3, -0.25) is 5.43 Å². The Bertz CT molecular complexity index is 110. The van der Waals surface area contributed by atoms with Crippen LogP contribution in [0.4, 0.5) is 0 Å². The molecule has 0 radical (unpaired) electrons. The number of hydrazone groups is 1. The Morgan fingerprint density at radius 1 is 1.38 bits per heavy atom. The van der Waals surface area contributed by atoms with E-state index in [1.807, 2.05) is 20.8 Å². The van der Waals surface area contributed by atoms with Gasteiger partial charge in [-0.1, -0.05) is 6.58 Å². The Balaban J connectivity index is 3.45. The first-order valence-electron chi connectivity index (χ1n) is 2.55. The fourth-order valence-electron chi connectivity index (χ4n) is 0.207. The van der Waals surface area contributed by atoms with Gasteiger partial charge in [-0.05, 0) is 20.8 Å². The van der Waals surface area contributed by atoms with Crippen molar-refractivity contribution in [1.29, 1.82) is 0 Å². The smallest absolute Gasteiger partial charge is 0.0320 e. The lowest BCUT2D eigenvalue weighted by molar-refractivity contribution is 0.890. The van der Waals surface area contributed by atoms with Gasteiger partial charge in [0.2, 0.25) is 0 Å². The molecule has 2 nitrogen and oxygen atoms in total. The monoisotopic (exact) mass is 112 g/mol. The van der Waals surface area contributed by atoms with Crippen molar-refractivity contribution in [3.05, 3.63) is 12.3 Å². The average Bonchev–Trinajstić information content (AvgIpc) is 1.61. The van der Waals surface area contributed by atoms with Crippen molar-refractivity contribution in [3.63, 3.8) is 0 Å². The van der Waals surface area contributed by atoms with Gasteiger partial charge < -0.3 is 0 Å². The van der Waals surface area contributed by atoms with Crippen molar-refractivity contribution in [2.45, 2.75) is 20.8 Å². The zero-order valence-electron chi connectivity index (χ0n) is 5.65. The Kier molecular flexibility index (Phi) is 2.92. The zero-order chi connectivity index (χ0) is 6.57. The van der Waals surface area contributed by atoms with Gasteiger partial charge in [0, 0.05) is 11.4 Å². The Labute approximate surface area is 50.3 Å². The molecule has 0 rings (SSSR count). The summed E-state index contributed by atoms with van der Waals surface area (Å²) >= 11 is 0. The van der Waals surface area contributed by atoms with Gasteiger partial charge >= 0.3 is 0 Å². The van der Waals surface area contributed by atoms with Crippen LogP contribution in [0.5, 0.6) is 0 Å². The third kappa shape index (κ3) is 5.21. The number of hydrogen-bond acceptors (Lipinski definition) is 2. The fourth-order valence-corrected chi connectivity index (χ4v) is 0.207. The normalized spacial score (nSPS) is 7.88. The van der Waals surface area contributed by atoms with Crippen molar-refractivity contribution >= 4 is 5.71 Å². The number of allylic oxidation sites excluding steroid dienone is 1. The predicted molar refractivity (Wildman–Crippen MR) is 36.7 cm³/mol. The minimum Gasteiger partial charge on any atom is -0.284 e. The van der Waals surface area contributed by atoms with E-state index >= 15 is 0 Å². The first kappa shape index (κ1) is 7.21. The molecule has 0 spiro atoms. The van der Waals surface area contributed by atoms with Crippen molar-refractivity contribution < 1.29 is 0 Å². The SMILES string of the molecule is C=C(C)NN=C(C)C. The summed E-state index contributed by atoms with van der Waals surface area (Å²) in [6.07, 6.45) is 0. The van der Waals surface area contributed by atoms with Crippen molar-refractivity contribution in [1.82, 2.24) is 5.43 Å². The zero-order valence-corrected chi connectivity index (χ0v) is 5.65. The molecule has 0 aromatic rings. The molecule has 0 aromatic heterocycles. The van der Waals surface area contributed by atoms with Crippen LogP contribution in [0, 0.1) is 0 Å². The molecule has 0 aliphatic heterocycles. The van der Waals surface area contributed by atoms with Crippen LogP contribution in [0.15, 0.2) is 17.4 Å².